The number of hydrogen-bond acceptors (Lipinski definition) is 6. The molecule has 122 valence electrons. The number of halogens is 1. The predicted octanol–water partition coefficient (Wildman–Crippen LogP) is 2.66. The summed E-state index contributed by atoms with van der Waals surface area (Å²) in [5, 5.41) is 11.9. The highest BCUT2D eigenvalue weighted by Crippen LogP contribution is 2.31. The van der Waals surface area contributed by atoms with Gasteiger partial charge in [-0.05, 0) is 24.1 Å². The van der Waals surface area contributed by atoms with E-state index in [1.54, 1.807) is 6.92 Å². The zero-order valence-corrected chi connectivity index (χ0v) is 13.7. The van der Waals surface area contributed by atoms with Crippen molar-refractivity contribution in [2.75, 3.05) is 25.0 Å². The number of aryl methyl sites for hydroxylation is 1. The lowest BCUT2D eigenvalue weighted by atomic mass is 10.1. The van der Waals surface area contributed by atoms with Crippen molar-refractivity contribution in [1.29, 1.82) is 0 Å². The minimum atomic E-state index is 0.105. The maximum absolute atomic E-state index is 6.06. The van der Waals surface area contributed by atoms with Crippen LogP contribution in [0.5, 0.6) is 0 Å². The Morgan fingerprint density at radius 1 is 1.22 bits per heavy atom. The second kappa shape index (κ2) is 6.11. The topological polar surface area (TPSA) is 63.4 Å². The molecule has 3 atom stereocenters. The van der Waals surface area contributed by atoms with Crippen molar-refractivity contribution in [1.82, 2.24) is 15.1 Å². The predicted molar refractivity (Wildman–Crippen MR) is 86.6 cm³/mol. The monoisotopic (exact) mass is 334 g/mol. The summed E-state index contributed by atoms with van der Waals surface area (Å²) in [6.45, 7) is 4.39. The average Bonchev–Trinajstić information content (AvgIpc) is 3.13. The molecule has 1 aromatic carbocycles. The van der Waals surface area contributed by atoms with Crippen molar-refractivity contribution in [3.8, 4) is 0 Å². The molecule has 4 rings (SSSR count). The first-order chi connectivity index (χ1) is 11.2. The van der Waals surface area contributed by atoms with Gasteiger partial charge in [-0.15, -0.1) is 5.10 Å². The van der Waals surface area contributed by atoms with Crippen LogP contribution in [0.1, 0.15) is 24.0 Å². The van der Waals surface area contributed by atoms with Gasteiger partial charge >= 0.3 is 6.01 Å². The van der Waals surface area contributed by atoms with Gasteiger partial charge in [-0.25, -0.2) is 0 Å². The summed E-state index contributed by atoms with van der Waals surface area (Å²) < 4.78 is 11.5. The molecule has 0 spiro atoms. The standard InChI is InChI=1S/C16H19ClN4O2/c1-10-19-20-16(23-10)18-13-6-14-9-22-15(8-21(14)7-13)11-2-4-12(17)5-3-11/h2-5,13-15H,6-9H2,1H3,(H,18,20)/t13-,14+,15-/m1/s1. The van der Waals surface area contributed by atoms with Gasteiger partial charge in [0.25, 0.3) is 0 Å². The molecule has 0 saturated carbocycles. The van der Waals surface area contributed by atoms with Gasteiger partial charge in [-0.2, -0.15) is 0 Å². The van der Waals surface area contributed by atoms with Crippen LogP contribution in [-0.4, -0.2) is 46.9 Å². The Bertz CT molecular complexity index is 675. The van der Waals surface area contributed by atoms with Crippen molar-refractivity contribution in [2.45, 2.75) is 31.5 Å². The molecule has 1 aromatic heterocycles. The zero-order valence-electron chi connectivity index (χ0n) is 12.9. The van der Waals surface area contributed by atoms with Crippen LogP contribution in [0.3, 0.4) is 0 Å². The van der Waals surface area contributed by atoms with Crippen LogP contribution in [-0.2, 0) is 4.74 Å². The Hall–Kier alpha value is -1.63. The first-order valence-corrected chi connectivity index (χ1v) is 8.23. The Kier molecular flexibility index (Phi) is 3.97. The number of rotatable bonds is 3. The zero-order chi connectivity index (χ0) is 15.8. The molecule has 2 aromatic rings. The minimum absolute atomic E-state index is 0.105. The van der Waals surface area contributed by atoms with Crippen molar-refractivity contribution < 1.29 is 9.15 Å². The number of aromatic nitrogens is 2. The van der Waals surface area contributed by atoms with E-state index < -0.39 is 0 Å². The van der Waals surface area contributed by atoms with Gasteiger partial charge in [0.05, 0.1) is 12.7 Å². The molecular formula is C16H19ClN4O2. The average molecular weight is 335 g/mol. The maximum atomic E-state index is 6.06. The lowest BCUT2D eigenvalue weighted by Crippen LogP contribution is -2.42. The van der Waals surface area contributed by atoms with Crippen molar-refractivity contribution in [3.63, 3.8) is 0 Å². The molecule has 7 heteroatoms. The van der Waals surface area contributed by atoms with Crippen LogP contribution in [0.2, 0.25) is 5.02 Å². The van der Waals surface area contributed by atoms with Gasteiger partial charge in [-0.3, -0.25) is 4.90 Å². The third kappa shape index (κ3) is 3.20. The van der Waals surface area contributed by atoms with E-state index in [4.69, 9.17) is 20.8 Å². The highest BCUT2D eigenvalue weighted by molar-refractivity contribution is 6.30. The van der Waals surface area contributed by atoms with E-state index in [0.29, 0.717) is 24.0 Å². The SMILES string of the molecule is Cc1nnc(N[C@@H]2C[C@H]3CO[C@@H](c4ccc(Cl)cc4)CN3C2)o1. The van der Waals surface area contributed by atoms with Crippen molar-refractivity contribution in [3.05, 3.63) is 40.7 Å². The first-order valence-electron chi connectivity index (χ1n) is 7.85. The second-order valence-corrected chi connectivity index (χ2v) is 6.62. The second-order valence-electron chi connectivity index (χ2n) is 6.18. The smallest absolute Gasteiger partial charge is 0.315 e. The molecule has 0 bridgehead atoms. The molecule has 2 saturated heterocycles. The Morgan fingerprint density at radius 2 is 2.04 bits per heavy atom. The highest BCUT2D eigenvalue weighted by Gasteiger charge is 2.38. The third-order valence-corrected chi connectivity index (χ3v) is 4.77. The third-order valence-electron chi connectivity index (χ3n) is 4.51. The molecule has 0 radical (unpaired) electrons. The lowest BCUT2D eigenvalue weighted by molar-refractivity contribution is -0.0501. The summed E-state index contributed by atoms with van der Waals surface area (Å²) in [5.41, 5.74) is 1.18. The molecule has 0 aliphatic carbocycles. The number of fused-ring (bicyclic) bond motifs is 1. The van der Waals surface area contributed by atoms with Crippen LogP contribution < -0.4 is 5.32 Å². The highest BCUT2D eigenvalue weighted by atomic mass is 35.5. The van der Waals surface area contributed by atoms with Crippen LogP contribution in [0.4, 0.5) is 6.01 Å². The van der Waals surface area contributed by atoms with E-state index in [0.717, 1.165) is 31.1 Å². The molecule has 0 unspecified atom stereocenters. The number of nitrogens with one attached hydrogen (secondary N) is 1. The number of ether oxygens (including phenoxy) is 1. The minimum Gasteiger partial charge on any atom is -0.408 e. The van der Waals surface area contributed by atoms with E-state index >= 15 is 0 Å². The van der Waals surface area contributed by atoms with Gasteiger partial charge in [0.1, 0.15) is 0 Å². The van der Waals surface area contributed by atoms with Crippen LogP contribution >= 0.6 is 11.6 Å². The molecular weight excluding hydrogens is 316 g/mol. The largest absolute Gasteiger partial charge is 0.408 e. The molecule has 1 N–H and O–H groups in total. The fourth-order valence-electron chi connectivity index (χ4n) is 3.39. The van der Waals surface area contributed by atoms with Gasteiger partial charge in [0.15, 0.2) is 0 Å². The molecule has 2 aliphatic rings. The Morgan fingerprint density at radius 3 is 2.78 bits per heavy atom. The van der Waals surface area contributed by atoms with Gasteiger partial charge < -0.3 is 14.5 Å². The number of hydrogen-bond donors (Lipinski definition) is 1. The number of anilines is 1. The summed E-state index contributed by atoms with van der Waals surface area (Å²) >= 11 is 5.96. The van der Waals surface area contributed by atoms with Gasteiger partial charge in [0.2, 0.25) is 5.89 Å². The first kappa shape index (κ1) is 14.9. The fourth-order valence-corrected chi connectivity index (χ4v) is 3.51. The molecule has 2 aliphatic heterocycles. The molecule has 0 amide bonds. The fraction of sp³-hybridized carbons (Fsp3) is 0.500. The van der Waals surface area contributed by atoms with E-state index in [1.165, 1.54) is 5.56 Å². The van der Waals surface area contributed by atoms with Crippen LogP contribution in [0.25, 0.3) is 0 Å². The summed E-state index contributed by atoms with van der Waals surface area (Å²) in [6, 6.07) is 9.17. The quantitative estimate of drug-likeness (QED) is 0.931. The van der Waals surface area contributed by atoms with E-state index in [-0.39, 0.29) is 6.10 Å². The summed E-state index contributed by atoms with van der Waals surface area (Å²) in [7, 11) is 0. The maximum Gasteiger partial charge on any atom is 0.315 e. The van der Waals surface area contributed by atoms with Gasteiger partial charge in [0, 0.05) is 37.1 Å². The number of morpholine rings is 1. The summed E-state index contributed by atoms with van der Waals surface area (Å²) in [5.74, 6) is 0.578. The number of benzene rings is 1. The Labute approximate surface area is 139 Å². The molecule has 6 nitrogen and oxygen atoms in total. The number of nitrogens with zero attached hydrogens (tertiary/aromatic N) is 3. The molecule has 3 heterocycles. The van der Waals surface area contributed by atoms with Crippen molar-refractivity contribution in [2.24, 2.45) is 0 Å². The van der Waals surface area contributed by atoms with E-state index in [9.17, 15) is 0 Å². The van der Waals surface area contributed by atoms with Gasteiger partial charge in [-0.1, -0.05) is 28.8 Å². The van der Waals surface area contributed by atoms with E-state index in [2.05, 4.69) is 20.4 Å². The summed E-state index contributed by atoms with van der Waals surface area (Å²) in [6.07, 6.45) is 1.13. The lowest BCUT2D eigenvalue weighted by Gasteiger charge is -2.35. The Balaban J connectivity index is 1.39. The summed E-state index contributed by atoms with van der Waals surface area (Å²) in [4.78, 5) is 2.48. The molecule has 2 fully saturated rings. The van der Waals surface area contributed by atoms with Crippen LogP contribution in [0, 0.1) is 6.92 Å². The van der Waals surface area contributed by atoms with Crippen molar-refractivity contribution >= 4 is 17.6 Å². The molecule has 23 heavy (non-hydrogen) atoms. The van der Waals surface area contributed by atoms with E-state index in [1.807, 2.05) is 24.3 Å². The van der Waals surface area contributed by atoms with Crippen LogP contribution in [0.15, 0.2) is 28.7 Å². The normalized spacial score (nSPS) is 27.8.